The van der Waals surface area contributed by atoms with Gasteiger partial charge in [0.25, 0.3) is 0 Å². The molecule has 1 aliphatic heterocycles. The summed E-state index contributed by atoms with van der Waals surface area (Å²) in [5, 5.41) is 13.1. The quantitative estimate of drug-likeness (QED) is 0.765. The van der Waals surface area contributed by atoms with Gasteiger partial charge in [0, 0.05) is 37.0 Å². The van der Waals surface area contributed by atoms with Crippen LogP contribution in [0.3, 0.4) is 0 Å². The first-order chi connectivity index (χ1) is 13.7. The van der Waals surface area contributed by atoms with Crippen LogP contribution in [0.1, 0.15) is 39.2 Å². The van der Waals surface area contributed by atoms with Crippen molar-refractivity contribution < 1.29 is 13.9 Å². The van der Waals surface area contributed by atoms with Gasteiger partial charge in [-0.15, -0.1) is 0 Å². The van der Waals surface area contributed by atoms with Crippen molar-refractivity contribution in [3.8, 4) is 17.2 Å². The Bertz CT molecular complexity index is 902. The third-order valence-corrected chi connectivity index (χ3v) is 5.00. The Balaban J connectivity index is 1.56. The predicted molar refractivity (Wildman–Crippen MR) is 107 cm³/mol. The predicted octanol–water partition coefficient (Wildman–Crippen LogP) is 4.40. The largest absolute Gasteiger partial charge is 0.444 e. The highest BCUT2D eigenvalue weighted by atomic mass is 19.1. The number of hydrogen-bond acceptors (Lipinski definition) is 4. The van der Waals surface area contributed by atoms with E-state index in [0.717, 1.165) is 30.5 Å². The third kappa shape index (κ3) is 5.57. The number of likely N-dealkylation sites (tertiary alicyclic amines) is 1. The maximum atomic E-state index is 14.1. The van der Waals surface area contributed by atoms with Crippen LogP contribution < -0.4 is 0 Å². The second-order valence-corrected chi connectivity index (χ2v) is 8.50. The van der Waals surface area contributed by atoms with E-state index in [1.165, 1.54) is 6.07 Å². The van der Waals surface area contributed by atoms with Crippen molar-refractivity contribution in [1.82, 2.24) is 14.7 Å². The summed E-state index contributed by atoms with van der Waals surface area (Å²) >= 11 is 0. The molecule has 1 saturated heterocycles. The molecule has 0 unspecified atom stereocenters. The Morgan fingerprint density at radius 2 is 2.03 bits per heavy atom. The number of carbonyl (C=O) groups excluding carboxylic acids is 1. The summed E-state index contributed by atoms with van der Waals surface area (Å²) in [5.74, 6) is 0.0579. The maximum absolute atomic E-state index is 14.1. The number of rotatable bonds is 4. The first-order valence-corrected chi connectivity index (χ1v) is 9.91. The summed E-state index contributed by atoms with van der Waals surface area (Å²) in [7, 11) is 0. The molecule has 7 heteroatoms. The molecular formula is C22H27FN4O2. The van der Waals surface area contributed by atoms with Gasteiger partial charge in [-0.25, -0.2) is 9.18 Å². The second kappa shape index (κ2) is 8.64. The summed E-state index contributed by atoms with van der Waals surface area (Å²) in [6.07, 6.45) is 5.25. The van der Waals surface area contributed by atoms with Gasteiger partial charge in [0.05, 0.1) is 18.7 Å². The number of benzene rings is 1. The van der Waals surface area contributed by atoms with E-state index in [2.05, 4.69) is 5.10 Å². The van der Waals surface area contributed by atoms with E-state index in [0.29, 0.717) is 24.6 Å². The van der Waals surface area contributed by atoms with Gasteiger partial charge < -0.3 is 9.64 Å². The van der Waals surface area contributed by atoms with Gasteiger partial charge in [-0.05, 0) is 51.2 Å². The lowest BCUT2D eigenvalue weighted by molar-refractivity contribution is 0.0177. The normalized spacial score (nSPS) is 15.2. The van der Waals surface area contributed by atoms with Gasteiger partial charge in [0.1, 0.15) is 11.4 Å². The highest BCUT2D eigenvalue weighted by molar-refractivity contribution is 5.68. The first kappa shape index (κ1) is 20.8. The Labute approximate surface area is 170 Å². The van der Waals surface area contributed by atoms with E-state index >= 15 is 0 Å². The molecule has 2 aromatic rings. The van der Waals surface area contributed by atoms with E-state index in [9.17, 15) is 9.18 Å². The average Bonchev–Trinajstić information content (AvgIpc) is 3.11. The highest BCUT2D eigenvalue weighted by Gasteiger charge is 2.27. The molecule has 1 aromatic heterocycles. The van der Waals surface area contributed by atoms with Crippen LogP contribution in [-0.4, -0.2) is 39.5 Å². The van der Waals surface area contributed by atoms with Crippen LogP contribution >= 0.6 is 0 Å². The fraction of sp³-hybridized carbons (Fsp3) is 0.500. The van der Waals surface area contributed by atoms with E-state index in [-0.39, 0.29) is 18.3 Å². The monoisotopic (exact) mass is 398 g/mol. The minimum atomic E-state index is -0.480. The Morgan fingerprint density at radius 3 is 2.66 bits per heavy atom. The molecule has 0 atom stereocenters. The number of halogens is 1. The van der Waals surface area contributed by atoms with Crippen LogP contribution in [-0.2, 0) is 17.7 Å². The van der Waals surface area contributed by atoms with Gasteiger partial charge in [-0.2, -0.15) is 10.4 Å². The number of hydrogen-bond donors (Lipinski definition) is 0. The summed E-state index contributed by atoms with van der Waals surface area (Å²) in [6, 6.07) is 6.88. The molecule has 0 spiro atoms. The number of nitriles is 1. The first-order valence-electron chi connectivity index (χ1n) is 9.91. The number of ether oxygens (including phenoxy) is 1. The summed E-state index contributed by atoms with van der Waals surface area (Å²) in [5.41, 5.74) is 1.51. The average molecular weight is 398 g/mol. The molecule has 0 bridgehead atoms. The number of piperidine rings is 1. The minimum Gasteiger partial charge on any atom is -0.444 e. The molecule has 2 heterocycles. The van der Waals surface area contributed by atoms with Gasteiger partial charge in [-0.3, -0.25) is 4.68 Å². The smallest absolute Gasteiger partial charge is 0.410 e. The summed E-state index contributed by atoms with van der Waals surface area (Å²) < 4.78 is 21.4. The van der Waals surface area contributed by atoms with Crippen LogP contribution in [0.2, 0.25) is 0 Å². The highest BCUT2D eigenvalue weighted by Crippen LogP contribution is 2.24. The van der Waals surface area contributed by atoms with E-state index < -0.39 is 5.60 Å². The zero-order valence-electron chi connectivity index (χ0n) is 17.2. The Morgan fingerprint density at radius 1 is 1.31 bits per heavy atom. The van der Waals surface area contributed by atoms with Crippen molar-refractivity contribution in [1.29, 1.82) is 5.26 Å². The van der Waals surface area contributed by atoms with Crippen LogP contribution in [0.5, 0.6) is 0 Å². The van der Waals surface area contributed by atoms with E-state index in [1.54, 1.807) is 17.2 Å². The summed E-state index contributed by atoms with van der Waals surface area (Å²) in [6.45, 7) is 7.73. The van der Waals surface area contributed by atoms with Crippen LogP contribution in [0.25, 0.3) is 11.1 Å². The summed E-state index contributed by atoms with van der Waals surface area (Å²) in [4.78, 5) is 13.9. The van der Waals surface area contributed by atoms with Crippen LogP contribution in [0.15, 0.2) is 30.6 Å². The van der Waals surface area contributed by atoms with Gasteiger partial charge in [0.15, 0.2) is 0 Å². The zero-order chi connectivity index (χ0) is 21.0. The second-order valence-electron chi connectivity index (χ2n) is 8.50. The molecule has 1 fully saturated rings. The molecule has 1 aliphatic rings. The minimum absolute atomic E-state index is 0.0629. The van der Waals surface area contributed by atoms with Crippen LogP contribution in [0.4, 0.5) is 9.18 Å². The number of amides is 1. The van der Waals surface area contributed by atoms with Gasteiger partial charge in [0.2, 0.25) is 0 Å². The molecule has 6 nitrogen and oxygen atoms in total. The molecule has 0 N–H and O–H groups in total. The zero-order valence-corrected chi connectivity index (χ0v) is 17.2. The molecule has 3 rings (SSSR count). The maximum Gasteiger partial charge on any atom is 0.410 e. The Kier molecular flexibility index (Phi) is 6.21. The van der Waals surface area contributed by atoms with E-state index in [1.807, 2.05) is 43.8 Å². The number of nitrogens with zero attached hydrogens (tertiary/aromatic N) is 4. The van der Waals surface area contributed by atoms with Gasteiger partial charge >= 0.3 is 6.09 Å². The lowest BCUT2D eigenvalue weighted by Crippen LogP contribution is -2.42. The van der Waals surface area contributed by atoms with E-state index in [4.69, 9.17) is 10.00 Å². The SMILES string of the molecule is CC(C)(C)OC(=O)N1CCC(Cn2cc(-c3ccc(CC#N)c(F)c3)cn2)CC1. The fourth-order valence-corrected chi connectivity index (χ4v) is 3.46. The van der Waals surface area contributed by atoms with Crippen molar-refractivity contribution in [2.75, 3.05) is 13.1 Å². The lowest BCUT2D eigenvalue weighted by Gasteiger charge is -2.33. The van der Waals surface area contributed by atoms with Crippen molar-refractivity contribution >= 4 is 6.09 Å². The molecule has 1 aromatic carbocycles. The molecule has 29 heavy (non-hydrogen) atoms. The number of carbonyl (C=O) groups is 1. The van der Waals surface area contributed by atoms with Crippen molar-refractivity contribution in [3.05, 3.63) is 42.0 Å². The molecule has 0 saturated carbocycles. The van der Waals surface area contributed by atoms with Crippen molar-refractivity contribution in [3.63, 3.8) is 0 Å². The standard InChI is InChI=1S/C22H27FN4O2/c1-22(2,3)29-21(28)26-10-7-16(8-11-26)14-27-15-19(13-25-27)18-5-4-17(6-9-24)20(23)12-18/h4-5,12-13,15-16H,6-8,10-11,14H2,1-3H3. The fourth-order valence-electron chi connectivity index (χ4n) is 3.46. The molecular weight excluding hydrogens is 371 g/mol. The molecule has 0 radical (unpaired) electrons. The van der Waals surface area contributed by atoms with Crippen molar-refractivity contribution in [2.24, 2.45) is 5.92 Å². The topological polar surface area (TPSA) is 71.2 Å². The van der Waals surface area contributed by atoms with Crippen molar-refractivity contribution in [2.45, 2.75) is 52.2 Å². The lowest BCUT2D eigenvalue weighted by atomic mass is 9.97. The number of aromatic nitrogens is 2. The molecule has 0 aliphatic carbocycles. The molecule has 1 amide bonds. The third-order valence-electron chi connectivity index (χ3n) is 5.00. The molecule has 154 valence electrons. The van der Waals surface area contributed by atoms with Crippen LogP contribution in [0, 0.1) is 23.1 Å². The van der Waals surface area contributed by atoms with Gasteiger partial charge in [-0.1, -0.05) is 12.1 Å². The Hall–Kier alpha value is -2.88.